The maximum Gasteiger partial charge on any atom is 0.258 e. The second-order valence-corrected chi connectivity index (χ2v) is 9.76. The number of aryl methyl sites for hydroxylation is 1. The highest BCUT2D eigenvalue weighted by molar-refractivity contribution is 6.30. The summed E-state index contributed by atoms with van der Waals surface area (Å²) >= 11 is 6.18. The van der Waals surface area contributed by atoms with Gasteiger partial charge in [0.15, 0.2) is 0 Å². The van der Waals surface area contributed by atoms with Crippen LogP contribution in [0.3, 0.4) is 0 Å². The fraction of sp³-hybridized carbons (Fsp3) is 0.321. The third kappa shape index (κ3) is 4.25. The molecule has 1 fully saturated rings. The Morgan fingerprint density at radius 1 is 1.03 bits per heavy atom. The number of methoxy groups -OCH3 is 1. The molecule has 0 bridgehead atoms. The molecule has 0 unspecified atom stereocenters. The Labute approximate surface area is 200 Å². The van der Waals surface area contributed by atoms with E-state index >= 15 is 0 Å². The summed E-state index contributed by atoms with van der Waals surface area (Å²) in [5.41, 5.74) is 5.34. The van der Waals surface area contributed by atoms with Gasteiger partial charge in [-0.3, -0.25) is 9.69 Å². The zero-order chi connectivity index (χ0) is 23.0. The zero-order valence-corrected chi connectivity index (χ0v) is 19.9. The largest absolute Gasteiger partial charge is 0.497 e. The van der Waals surface area contributed by atoms with Gasteiger partial charge in [0.25, 0.3) is 5.91 Å². The van der Waals surface area contributed by atoms with Crippen molar-refractivity contribution in [3.05, 3.63) is 94.0 Å². The molecule has 2 aliphatic heterocycles. The van der Waals surface area contributed by atoms with Gasteiger partial charge in [-0.1, -0.05) is 41.4 Å². The number of likely N-dealkylation sites (tertiary alicyclic amines) is 1. The summed E-state index contributed by atoms with van der Waals surface area (Å²) in [7, 11) is 1.70. The van der Waals surface area contributed by atoms with E-state index in [9.17, 15) is 4.79 Å². The smallest absolute Gasteiger partial charge is 0.258 e. The van der Waals surface area contributed by atoms with Crippen LogP contribution in [0.5, 0.6) is 5.75 Å². The number of benzene rings is 3. The number of hydrogen-bond acceptors (Lipinski definition) is 3. The first-order valence-corrected chi connectivity index (χ1v) is 11.9. The Kier molecular flexibility index (Phi) is 5.90. The lowest BCUT2D eigenvalue weighted by atomic mass is 9.74. The van der Waals surface area contributed by atoms with Gasteiger partial charge in [-0.15, -0.1) is 0 Å². The molecule has 170 valence electrons. The number of anilines is 1. The first-order valence-electron chi connectivity index (χ1n) is 11.5. The zero-order valence-electron chi connectivity index (χ0n) is 19.2. The molecule has 4 nitrogen and oxygen atoms in total. The topological polar surface area (TPSA) is 32.8 Å². The molecular formula is C28H29ClN2O2. The molecule has 0 aromatic heterocycles. The van der Waals surface area contributed by atoms with Crippen LogP contribution in [0.4, 0.5) is 5.69 Å². The van der Waals surface area contributed by atoms with E-state index < -0.39 is 0 Å². The fourth-order valence-corrected chi connectivity index (χ4v) is 5.48. The van der Waals surface area contributed by atoms with Crippen LogP contribution >= 0.6 is 11.6 Å². The van der Waals surface area contributed by atoms with Crippen LogP contribution in [-0.2, 0) is 12.0 Å². The second-order valence-electron chi connectivity index (χ2n) is 9.33. The molecule has 2 aliphatic rings. The van der Waals surface area contributed by atoms with E-state index in [1.54, 1.807) is 7.11 Å². The van der Waals surface area contributed by atoms with Crippen molar-refractivity contribution in [1.82, 2.24) is 4.90 Å². The van der Waals surface area contributed by atoms with Gasteiger partial charge in [0.05, 0.1) is 7.11 Å². The maximum atomic E-state index is 13.5. The highest BCUT2D eigenvalue weighted by atomic mass is 35.5. The van der Waals surface area contributed by atoms with Crippen molar-refractivity contribution < 1.29 is 9.53 Å². The van der Waals surface area contributed by atoms with E-state index in [1.165, 1.54) is 11.1 Å². The van der Waals surface area contributed by atoms with Crippen molar-refractivity contribution >= 4 is 23.2 Å². The number of rotatable bonds is 4. The molecule has 0 saturated carbocycles. The Balaban J connectivity index is 1.40. The Morgan fingerprint density at radius 2 is 1.79 bits per heavy atom. The summed E-state index contributed by atoms with van der Waals surface area (Å²) < 4.78 is 5.55. The molecule has 0 aliphatic carbocycles. The number of hydrogen-bond donors (Lipinski definition) is 0. The van der Waals surface area contributed by atoms with E-state index in [4.69, 9.17) is 16.3 Å². The Bertz CT molecular complexity index is 1170. The van der Waals surface area contributed by atoms with Crippen LogP contribution in [0.2, 0.25) is 5.02 Å². The second kappa shape index (κ2) is 8.85. The van der Waals surface area contributed by atoms with Gasteiger partial charge in [-0.05, 0) is 86.4 Å². The molecule has 0 N–H and O–H groups in total. The third-order valence-electron chi connectivity index (χ3n) is 7.18. The highest BCUT2D eigenvalue weighted by Crippen LogP contribution is 2.48. The minimum atomic E-state index is -0.0466. The number of carbonyl (C=O) groups is 1. The van der Waals surface area contributed by atoms with Crippen molar-refractivity contribution in [3.63, 3.8) is 0 Å². The molecule has 0 atom stereocenters. The summed E-state index contributed by atoms with van der Waals surface area (Å²) in [6, 6.07) is 22.1. The third-order valence-corrected chi connectivity index (χ3v) is 7.41. The van der Waals surface area contributed by atoms with Crippen LogP contribution in [0, 0.1) is 6.92 Å². The number of halogens is 1. The Hall–Kier alpha value is -2.82. The molecule has 3 aromatic carbocycles. The molecule has 1 amide bonds. The number of nitrogens with zero attached hydrogens (tertiary/aromatic N) is 2. The molecular weight excluding hydrogens is 432 g/mol. The predicted octanol–water partition coefficient (Wildman–Crippen LogP) is 5.85. The van der Waals surface area contributed by atoms with Crippen LogP contribution in [0.15, 0.2) is 66.7 Å². The van der Waals surface area contributed by atoms with Crippen LogP contribution < -0.4 is 9.64 Å². The quantitative estimate of drug-likeness (QED) is 0.489. The van der Waals surface area contributed by atoms with Crippen LogP contribution in [0.1, 0.15) is 39.9 Å². The number of ether oxygens (including phenoxy) is 1. The first kappa shape index (κ1) is 22.0. The lowest BCUT2D eigenvalue weighted by molar-refractivity contribution is 0.0975. The summed E-state index contributed by atoms with van der Waals surface area (Å²) in [5.74, 6) is 0.916. The SMILES string of the molecule is COc1ccc2c(c1)C1(CCN(Cc3cccc(Cl)c3)CC1)CN2C(=O)c1ccc(C)cc1. The number of piperidine rings is 1. The van der Waals surface area contributed by atoms with Gasteiger partial charge in [0.1, 0.15) is 5.75 Å². The molecule has 1 spiro atoms. The van der Waals surface area contributed by atoms with Gasteiger partial charge in [-0.2, -0.15) is 0 Å². The minimum Gasteiger partial charge on any atom is -0.497 e. The molecule has 5 heteroatoms. The molecule has 5 rings (SSSR count). The van der Waals surface area contributed by atoms with E-state index in [2.05, 4.69) is 17.0 Å². The van der Waals surface area contributed by atoms with Crippen LogP contribution in [0.25, 0.3) is 0 Å². The van der Waals surface area contributed by atoms with Crippen molar-refractivity contribution in [2.75, 3.05) is 31.6 Å². The van der Waals surface area contributed by atoms with Gasteiger partial charge in [-0.25, -0.2) is 0 Å². The van der Waals surface area contributed by atoms with Gasteiger partial charge in [0, 0.05) is 34.8 Å². The molecule has 2 heterocycles. The molecule has 0 radical (unpaired) electrons. The van der Waals surface area contributed by atoms with Crippen molar-refractivity contribution in [2.24, 2.45) is 0 Å². The fourth-order valence-electron chi connectivity index (χ4n) is 5.27. The number of fused-ring (bicyclic) bond motifs is 2. The lowest BCUT2D eigenvalue weighted by Gasteiger charge is -2.40. The summed E-state index contributed by atoms with van der Waals surface area (Å²) in [4.78, 5) is 18.0. The monoisotopic (exact) mass is 460 g/mol. The maximum absolute atomic E-state index is 13.5. The average Bonchev–Trinajstić information content (AvgIpc) is 3.14. The highest BCUT2D eigenvalue weighted by Gasteiger charge is 2.46. The summed E-state index contributed by atoms with van der Waals surface area (Å²) in [6.07, 6.45) is 2.01. The van der Waals surface area contributed by atoms with Crippen molar-refractivity contribution in [2.45, 2.75) is 31.7 Å². The van der Waals surface area contributed by atoms with Crippen LogP contribution in [-0.4, -0.2) is 37.6 Å². The first-order chi connectivity index (χ1) is 16.0. The van der Waals surface area contributed by atoms with Gasteiger partial charge in [0.2, 0.25) is 0 Å². The van der Waals surface area contributed by atoms with Crippen molar-refractivity contribution in [1.29, 1.82) is 0 Å². The van der Waals surface area contributed by atoms with Gasteiger partial charge >= 0.3 is 0 Å². The standard InChI is InChI=1S/C28H29ClN2O2/c1-20-6-8-22(9-7-20)27(32)31-19-28(25-17-24(33-2)10-11-26(25)31)12-14-30(15-13-28)18-21-4-3-5-23(29)16-21/h3-11,16-17H,12-15,18-19H2,1-2H3. The Morgan fingerprint density at radius 3 is 2.48 bits per heavy atom. The minimum absolute atomic E-state index is 0.0466. The predicted molar refractivity (Wildman–Crippen MR) is 133 cm³/mol. The lowest BCUT2D eigenvalue weighted by Crippen LogP contribution is -2.45. The number of amides is 1. The van der Waals surface area contributed by atoms with Crippen molar-refractivity contribution in [3.8, 4) is 5.75 Å². The van der Waals surface area contributed by atoms with E-state index in [0.29, 0.717) is 6.54 Å². The average molecular weight is 461 g/mol. The van der Waals surface area contributed by atoms with E-state index in [-0.39, 0.29) is 11.3 Å². The summed E-state index contributed by atoms with van der Waals surface area (Å²) in [6.45, 7) is 5.62. The summed E-state index contributed by atoms with van der Waals surface area (Å²) in [5, 5.41) is 0.781. The van der Waals surface area contributed by atoms with E-state index in [1.807, 2.05) is 66.4 Å². The van der Waals surface area contributed by atoms with Gasteiger partial charge < -0.3 is 9.64 Å². The molecule has 3 aromatic rings. The van der Waals surface area contributed by atoms with E-state index in [0.717, 1.165) is 60.1 Å². The molecule has 1 saturated heterocycles. The normalized spacial score (nSPS) is 17.2. The number of carbonyl (C=O) groups excluding carboxylic acids is 1. The molecule has 33 heavy (non-hydrogen) atoms.